The number of benzene rings is 3. The zero-order valence-electron chi connectivity index (χ0n) is 37.2. The van der Waals surface area contributed by atoms with Crippen LogP contribution in [-0.4, -0.2) is 133 Å². The van der Waals surface area contributed by atoms with E-state index in [9.17, 15) is 33.2 Å². The molecule has 4 N–H and O–H groups in total. The molecule has 0 spiro atoms. The quantitative estimate of drug-likeness (QED) is 0.0714. The molecule has 0 bridgehead atoms. The average Bonchev–Trinajstić information content (AvgIpc) is 3.78. The summed E-state index contributed by atoms with van der Waals surface area (Å²) in [6, 6.07) is 18.3. The summed E-state index contributed by atoms with van der Waals surface area (Å²) in [4.78, 5) is 52.0. The van der Waals surface area contributed by atoms with Gasteiger partial charge in [0.25, 0.3) is 21.6 Å². The first-order valence-electron chi connectivity index (χ1n) is 22.3. The number of amides is 2. The maximum atomic E-state index is 14.1. The second-order valence-electron chi connectivity index (χ2n) is 18.3. The van der Waals surface area contributed by atoms with Gasteiger partial charge >= 0.3 is 6.09 Å². The summed E-state index contributed by atoms with van der Waals surface area (Å²) in [6.07, 6.45) is 5.41. The second kappa shape index (κ2) is 18.7. The first-order chi connectivity index (χ1) is 32.1. The number of rotatable bonds is 12. The van der Waals surface area contributed by atoms with Gasteiger partial charge in [0.2, 0.25) is 0 Å². The number of carboxylic acid groups (broad SMARTS) is 1. The molecule has 2 aromatic heterocycles. The molecule has 9 rings (SSSR count). The summed E-state index contributed by atoms with van der Waals surface area (Å²) in [5, 5.41) is 26.3. The molecule has 18 nitrogen and oxygen atoms in total. The molecule has 1 aliphatic carbocycles. The third kappa shape index (κ3) is 10.3. The number of nitro groups is 1. The molecule has 4 aliphatic rings. The van der Waals surface area contributed by atoms with Gasteiger partial charge in [0.05, 0.1) is 27.6 Å². The molecule has 2 fully saturated rings. The number of carbonyl (C=O) groups is 2. The molecule has 2 amide bonds. The molecule has 0 radical (unpaired) electrons. The van der Waals surface area contributed by atoms with E-state index in [0.717, 1.165) is 67.1 Å². The SMILES string of the molecule is CC1(C)CCC(CN2CCN(c3ccc(C(=O)NS(=O)(=O)c4cc5c(c([N+](=O)[O-])c4)NC(CN4CCN(C(=O)O)CC4)CO5)c(Oc4cnc5[nH]ccc5c4)c3)CC2)=C(c2ccc(Cl)cc2)C1. The third-order valence-electron chi connectivity index (χ3n) is 13.0. The van der Waals surface area contributed by atoms with Crippen LogP contribution < -0.4 is 24.4 Å². The van der Waals surface area contributed by atoms with Crippen LogP contribution >= 0.6 is 11.6 Å². The molecule has 5 aromatic rings. The Morgan fingerprint density at radius 3 is 2.48 bits per heavy atom. The van der Waals surface area contributed by atoms with E-state index < -0.39 is 43.6 Å². The fraction of sp³-hybridized carbons (Fsp3) is 0.383. The average molecular weight is 955 g/mol. The van der Waals surface area contributed by atoms with Crippen molar-refractivity contribution in [2.45, 2.75) is 44.0 Å². The topological polar surface area (TPSA) is 216 Å². The van der Waals surface area contributed by atoms with Gasteiger partial charge < -0.3 is 34.7 Å². The summed E-state index contributed by atoms with van der Waals surface area (Å²) >= 11 is 6.25. The Morgan fingerprint density at radius 1 is 1.00 bits per heavy atom. The summed E-state index contributed by atoms with van der Waals surface area (Å²) < 4.78 is 42.2. The number of nitro benzene ring substituents is 1. The monoisotopic (exact) mass is 953 g/mol. The fourth-order valence-electron chi connectivity index (χ4n) is 9.32. The molecule has 0 saturated carbocycles. The Kier molecular flexibility index (Phi) is 12.8. The van der Waals surface area contributed by atoms with Crippen LogP contribution in [0.25, 0.3) is 16.6 Å². The number of H-pyrrole nitrogens is 1. The number of nitrogens with one attached hydrogen (secondary N) is 3. The van der Waals surface area contributed by atoms with Crippen molar-refractivity contribution in [3.8, 4) is 17.2 Å². The van der Waals surface area contributed by atoms with Crippen molar-refractivity contribution in [1.82, 2.24) is 29.4 Å². The maximum Gasteiger partial charge on any atom is 0.407 e. The minimum atomic E-state index is -4.71. The van der Waals surface area contributed by atoms with Crippen LogP contribution in [0.4, 0.5) is 21.9 Å². The zero-order chi connectivity index (χ0) is 47.0. The van der Waals surface area contributed by atoms with E-state index in [2.05, 4.69) is 55.8 Å². The number of allylic oxidation sites excluding steroid dienone is 1. The number of carbonyl (C=O) groups excluding carboxylic acids is 1. The van der Waals surface area contributed by atoms with Crippen molar-refractivity contribution in [2.75, 3.05) is 82.3 Å². The first kappa shape index (κ1) is 45.7. The molecule has 20 heteroatoms. The first-order valence-corrected chi connectivity index (χ1v) is 24.1. The number of aromatic nitrogens is 2. The lowest BCUT2D eigenvalue weighted by atomic mass is 9.72. The summed E-state index contributed by atoms with van der Waals surface area (Å²) in [6.45, 7) is 10.6. The standard InChI is InChI=1S/C47H52ClN9O9S/c1-47(2)11-9-32(39(25-47)30-3-5-33(48)6-4-30)27-53-13-17-55(18-14-53)35-7-8-38(41(22-35)66-36-21-31-10-12-49-44(31)50-26-36)45(58)52-67(63,64)37-23-40(57(61)62)43-42(24-37)65-29-34(51-43)28-54-15-19-56(20-16-54)46(59)60/h3-8,10,12,21-24,26,34,51H,9,11,13-20,25,27-29H2,1-2H3,(H,49,50)(H,52,58)(H,59,60). The fourth-order valence-corrected chi connectivity index (χ4v) is 10.4. The molecule has 1 atom stereocenters. The van der Waals surface area contributed by atoms with E-state index in [0.29, 0.717) is 57.2 Å². The number of nitrogens with zero attached hydrogens (tertiary/aromatic N) is 6. The highest BCUT2D eigenvalue weighted by Gasteiger charge is 2.34. The highest BCUT2D eigenvalue weighted by Crippen LogP contribution is 2.44. The lowest BCUT2D eigenvalue weighted by Crippen LogP contribution is -2.52. The Morgan fingerprint density at radius 2 is 1.75 bits per heavy atom. The van der Waals surface area contributed by atoms with Crippen molar-refractivity contribution in [1.29, 1.82) is 0 Å². The van der Waals surface area contributed by atoms with Crippen LogP contribution in [0.15, 0.2) is 89.6 Å². The number of ether oxygens (including phenoxy) is 2. The van der Waals surface area contributed by atoms with Gasteiger partial charge in [-0.05, 0) is 72.2 Å². The molecule has 67 heavy (non-hydrogen) atoms. The number of hydrogen-bond acceptors (Lipinski definition) is 13. The summed E-state index contributed by atoms with van der Waals surface area (Å²) in [5.41, 5.74) is 5.07. The van der Waals surface area contributed by atoms with Crippen LogP contribution in [0.5, 0.6) is 17.2 Å². The highest BCUT2D eigenvalue weighted by molar-refractivity contribution is 7.90. The number of piperazine rings is 2. The van der Waals surface area contributed by atoms with E-state index in [1.807, 2.05) is 23.1 Å². The van der Waals surface area contributed by atoms with E-state index in [1.54, 1.807) is 24.4 Å². The lowest BCUT2D eigenvalue weighted by Gasteiger charge is -2.39. The number of fused-ring (bicyclic) bond motifs is 2. The van der Waals surface area contributed by atoms with Gasteiger partial charge in [-0.3, -0.25) is 24.7 Å². The van der Waals surface area contributed by atoms with Crippen molar-refractivity contribution < 1.29 is 37.5 Å². The van der Waals surface area contributed by atoms with Gasteiger partial charge in [-0.2, -0.15) is 0 Å². The Hall–Kier alpha value is -6.41. The highest BCUT2D eigenvalue weighted by atomic mass is 35.5. The Bertz CT molecular complexity index is 2860. The van der Waals surface area contributed by atoms with Crippen LogP contribution in [-0.2, 0) is 10.0 Å². The number of pyridine rings is 1. The zero-order valence-corrected chi connectivity index (χ0v) is 38.7. The molecule has 2 saturated heterocycles. The largest absolute Gasteiger partial charge is 0.489 e. The Balaban J connectivity index is 0.922. The predicted molar refractivity (Wildman–Crippen MR) is 254 cm³/mol. The lowest BCUT2D eigenvalue weighted by molar-refractivity contribution is -0.384. The summed E-state index contributed by atoms with van der Waals surface area (Å²) in [5.74, 6) is -0.657. The number of sulfonamides is 1. The van der Waals surface area contributed by atoms with E-state index in [-0.39, 0.29) is 34.8 Å². The van der Waals surface area contributed by atoms with E-state index >= 15 is 0 Å². The van der Waals surface area contributed by atoms with Gasteiger partial charge in [0.1, 0.15) is 23.8 Å². The molecule has 1 unspecified atom stereocenters. The van der Waals surface area contributed by atoms with Crippen LogP contribution in [0, 0.1) is 15.5 Å². The normalized spacial score (nSPS) is 19.1. The minimum absolute atomic E-state index is 0.00797. The third-order valence-corrected chi connectivity index (χ3v) is 14.6. The number of halogens is 1. The second-order valence-corrected chi connectivity index (χ2v) is 20.4. The minimum Gasteiger partial charge on any atom is -0.489 e. The molecule has 3 aliphatic heterocycles. The van der Waals surface area contributed by atoms with Gasteiger partial charge in [-0.1, -0.05) is 43.2 Å². The van der Waals surface area contributed by atoms with E-state index in [4.69, 9.17) is 21.1 Å². The molecule has 352 valence electrons. The van der Waals surface area contributed by atoms with Crippen LogP contribution in [0.1, 0.15) is 49.0 Å². The van der Waals surface area contributed by atoms with Crippen molar-refractivity contribution >= 4 is 67.3 Å². The van der Waals surface area contributed by atoms with Gasteiger partial charge in [0.15, 0.2) is 11.4 Å². The maximum absolute atomic E-state index is 14.1. The predicted octanol–water partition coefficient (Wildman–Crippen LogP) is 7.29. The number of hydrogen-bond donors (Lipinski definition) is 4. The van der Waals surface area contributed by atoms with Crippen molar-refractivity contribution in [2.24, 2.45) is 5.41 Å². The number of anilines is 2. The van der Waals surface area contributed by atoms with Crippen LogP contribution in [0.2, 0.25) is 5.02 Å². The molecule has 5 heterocycles. The van der Waals surface area contributed by atoms with Crippen LogP contribution in [0.3, 0.4) is 0 Å². The van der Waals surface area contributed by atoms with Crippen molar-refractivity contribution in [3.63, 3.8) is 0 Å². The van der Waals surface area contributed by atoms with E-state index in [1.165, 1.54) is 33.9 Å². The van der Waals surface area contributed by atoms with Gasteiger partial charge in [0, 0.05) is 106 Å². The van der Waals surface area contributed by atoms with Gasteiger partial charge in [-0.15, -0.1) is 0 Å². The molecule has 3 aromatic carbocycles. The smallest absolute Gasteiger partial charge is 0.407 e. The van der Waals surface area contributed by atoms with Crippen molar-refractivity contribution in [3.05, 3.63) is 111 Å². The van der Waals surface area contributed by atoms with Gasteiger partial charge in [-0.25, -0.2) is 22.9 Å². The molecular weight excluding hydrogens is 902 g/mol. The number of aromatic amines is 1. The summed E-state index contributed by atoms with van der Waals surface area (Å²) in [7, 11) is -4.71. The Labute approximate surface area is 392 Å². The molecular formula is C47H52ClN9O9S.